The first-order valence-corrected chi connectivity index (χ1v) is 12.9. The van der Waals surface area contributed by atoms with Gasteiger partial charge in [0.2, 0.25) is 0 Å². The summed E-state index contributed by atoms with van der Waals surface area (Å²) in [4.78, 5) is 23.6. The second-order valence-electron chi connectivity index (χ2n) is 8.07. The molecule has 35 heavy (non-hydrogen) atoms. The van der Waals surface area contributed by atoms with Crippen molar-refractivity contribution in [1.82, 2.24) is 0 Å². The van der Waals surface area contributed by atoms with Gasteiger partial charge in [0.15, 0.2) is 5.78 Å². The van der Waals surface area contributed by atoms with Gasteiger partial charge in [-0.05, 0) is 60.4 Å². The first-order valence-electron chi connectivity index (χ1n) is 11.1. The second-order valence-corrected chi connectivity index (χ2v) is 9.81. The van der Waals surface area contributed by atoms with Crippen LogP contribution < -0.4 is 9.05 Å². The van der Waals surface area contributed by atoms with Gasteiger partial charge in [-0.1, -0.05) is 84.4 Å². The minimum absolute atomic E-state index is 0.0205. The van der Waals surface area contributed by atoms with Crippen molar-refractivity contribution in [1.29, 1.82) is 0 Å². The molecule has 0 aromatic heterocycles. The third kappa shape index (κ3) is 7.30. The van der Waals surface area contributed by atoms with Crippen molar-refractivity contribution in [2.45, 2.75) is 12.8 Å². The van der Waals surface area contributed by atoms with Gasteiger partial charge < -0.3 is 9.05 Å². The monoisotopic (exact) mass is 506 g/mol. The molecule has 0 radical (unpaired) electrons. The second kappa shape index (κ2) is 11.4. The SMILES string of the molecule is O=C(c1ccccc1)C(Cc1ccc(Cl)cc1)Cc1cccc(OP(=O)(O)Oc2ccccc2)c1. The number of halogens is 1. The molecule has 2 atom stereocenters. The van der Waals surface area contributed by atoms with Crippen molar-refractivity contribution in [3.63, 3.8) is 0 Å². The Kier molecular flexibility index (Phi) is 8.04. The van der Waals surface area contributed by atoms with Crippen LogP contribution in [0.4, 0.5) is 0 Å². The smallest absolute Gasteiger partial charge is 0.395 e. The number of Topliss-reactive ketones (excluding diaryl/α,β-unsaturated/α-hetero) is 1. The fourth-order valence-corrected chi connectivity index (χ4v) is 4.71. The third-order valence-electron chi connectivity index (χ3n) is 5.39. The average Bonchev–Trinajstić information content (AvgIpc) is 2.85. The maximum atomic E-state index is 13.4. The van der Waals surface area contributed by atoms with Gasteiger partial charge in [-0.25, -0.2) is 4.57 Å². The largest absolute Gasteiger partial charge is 0.584 e. The summed E-state index contributed by atoms with van der Waals surface area (Å²) in [6.07, 6.45) is 0.939. The molecule has 0 aliphatic carbocycles. The van der Waals surface area contributed by atoms with Crippen molar-refractivity contribution >= 4 is 25.2 Å². The summed E-state index contributed by atoms with van der Waals surface area (Å²) in [6.45, 7) is 0. The number of rotatable bonds is 10. The van der Waals surface area contributed by atoms with Crippen molar-refractivity contribution in [3.05, 3.63) is 131 Å². The highest BCUT2D eigenvalue weighted by Crippen LogP contribution is 2.44. The van der Waals surface area contributed by atoms with Gasteiger partial charge in [-0.15, -0.1) is 0 Å². The van der Waals surface area contributed by atoms with E-state index in [-0.39, 0.29) is 23.2 Å². The summed E-state index contributed by atoms with van der Waals surface area (Å²) in [7, 11) is -4.40. The molecular weight excluding hydrogens is 483 g/mol. The van der Waals surface area contributed by atoms with Crippen LogP contribution in [0.3, 0.4) is 0 Å². The standard InChI is InChI=1S/C28H24ClO5P/c29-25-16-14-21(15-17-25)18-24(28(30)23-9-3-1-4-10-23)19-22-8-7-13-27(20-22)34-35(31,32)33-26-11-5-2-6-12-26/h1-17,20,24H,18-19H2,(H,31,32). The lowest BCUT2D eigenvalue weighted by atomic mass is 9.86. The number of phosphoric acid groups is 1. The highest BCUT2D eigenvalue weighted by molar-refractivity contribution is 7.48. The number of para-hydroxylation sites is 1. The van der Waals surface area contributed by atoms with Gasteiger partial charge in [-0.3, -0.25) is 9.69 Å². The van der Waals surface area contributed by atoms with Crippen LogP contribution in [0.2, 0.25) is 5.02 Å². The molecule has 0 amide bonds. The normalized spacial score (nSPS) is 13.4. The molecule has 178 valence electrons. The Morgan fingerprint density at radius 3 is 2.00 bits per heavy atom. The molecule has 0 aliphatic rings. The van der Waals surface area contributed by atoms with E-state index >= 15 is 0 Å². The van der Waals surface area contributed by atoms with Gasteiger partial charge in [0.25, 0.3) is 0 Å². The molecule has 4 aromatic rings. The number of ketones is 1. The van der Waals surface area contributed by atoms with Crippen LogP contribution >= 0.6 is 19.4 Å². The predicted molar refractivity (Wildman–Crippen MR) is 137 cm³/mol. The minimum atomic E-state index is -4.40. The summed E-state index contributed by atoms with van der Waals surface area (Å²) < 4.78 is 22.9. The molecule has 0 fully saturated rings. The molecule has 0 heterocycles. The first kappa shape index (κ1) is 24.7. The van der Waals surface area contributed by atoms with E-state index in [1.807, 2.05) is 36.4 Å². The molecule has 7 heteroatoms. The molecule has 4 aromatic carbocycles. The quantitative estimate of drug-likeness (QED) is 0.182. The van der Waals surface area contributed by atoms with Crippen LogP contribution in [0.15, 0.2) is 109 Å². The zero-order valence-electron chi connectivity index (χ0n) is 18.8. The molecule has 0 bridgehead atoms. The number of hydrogen-bond acceptors (Lipinski definition) is 4. The molecule has 1 N–H and O–H groups in total. The Morgan fingerprint density at radius 1 is 0.743 bits per heavy atom. The van der Waals surface area contributed by atoms with Gasteiger partial charge >= 0.3 is 7.82 Å². The van der Waals surface area contributed by atoms with Crippen molar-refractivity contribution < 1.29 is 23.3 Å². The average molecular weight is 507 g/mol. The number of phosphoric ester groups is 1. The maximum Gasteiger partial charge on any atom is 0.584 e. The van der Waals surface area contributed by atoms with Crippen LogP contribution in [0.1, 0.15) is 21.5 Å². The fraction of sp³-hybridized carbons (Fsp3) is 0.107. The number of carbonyl (C=O) groups excluding carboxylic acids is 1. The van der Waals surface area contributed by atoms with Crippen LogP contribution in [0.5, 0.6) is 11.5 Å². The van der Waals surface area contributed by atoms with Gasteiger partial charge in [0.1, 0.15) is 11.5 Å². The Labute approximate surface area is 209 Å². The lowest BCUT2D eigenvalue weighted by Gasteiger charge is -2.18. The molecule has 2 unspecified atom stereocenters. The van der Waals surface area contributed by atoms with E-state index in [0.717, 1.165) is 11.1 Å². The summed E-state index contributed by atoms with van der Waals surface area (Å²) in [5.74, 6) is 0.0788. The van der Waals surface area contributed by atoms with Crippen LogP contribution in [0.25, 0.3) is 0 Å². The fourth-order valence-electron chi connectivity index (χ4n) is 3.78. The Hall–Kier alpha value is -3.37. The van der Waals surface area contributed by atoms with E-state index in [9.17, 15) is 14.3 Å². The van der Waals surface area contributed by atoms with Gasteiger partial charge in [0, 0.05) is 16.5 Å². The van der Waals surface area contributed by atoms with E-state index in [1.165, 1.54) is 0 Å². The molecule has 0 saturated carbocycles. The summed E-state index contributed by atoms with van der Waals surface area (Å²) in [5, 5.41) is 0.635. The number of hydrogen-bond donors (Lipinski definition) is 1. The summed E-state index contributed by atoms with van der Waals surface area (Å²) >= 11 is 6.02. The van der Waals surface area contributed by atoms with E-state index in [1.54, 1.807) is 72.8 Å². The number of benzene rings is 4. The lowest BCUT2D eigenvalue weighted by molar-refractivity contribution is 0.0918. The topological polar surface area (TPSA) is 72.8 Å². The molecule has 0 saturated heterocycles. The summed E-state index contributed by atoms with van der Waals surface area (Å²) in [5.41, 5.74) is 2.42. The zero-order valence-corrected chi connectivity index (χ0v) is 20.4. The Morgan fingerprint density at radius 2 is 1.31 bits per heavy atom. The van der Waals surface area contributed by atoms with Crippen molar-refractivity contribution in [2.24, 2.45) is 5.92 Å². The molecule has 4 rings (SSSR count). The molecule has 0 aliphatic heterocycles. The van der Waals surface area contributed by atoms with Crippen molar-refractivity contribution in [3.8, 4) is 11.5 Å². The zero-order chi connectivity index (χ0) is 24.7. The maximum absolute atomic E-state index is 13.4. The highest BCUT2D eigenvalue weighted by Gasteiger charge is 2.26. The minimum Gasteiger partial charge on any atom is -0.395 e. The van der Waals surface area contributed by atoms with Gasteiger partial charge in [0.05, 0.1) is 0 Å². The van der Waals surface area contributed by atoms with E-state index in [4.69, 9.17) is 20.6 Å². The molecule has 0 spiro atoms. The van der Waals surface area contributed by atoms with Crippen molar-refractivity contribution in [2.75, 3.05) is 0 Å². The third-order valence-corrected chi connectivity index (χ3v) is 6.52. The van der Waals surface area contributed by atoms with E-state index in [0.29, 0.717) is 23.4 Å². The van der Waals surface area contributed by atoms with E-state index in [2.05, 4.69) is 0 Å². The molecule has 5 nitrogen and oxygen atoms in total. The first-order chi connectivity index (χ1) is 16.9. The van der Waals surface area contributed by atoms with Crippen LogP contribution in [-0.4, -0.2) is 10.7 Å². The lowest BCUT2D eigenvalue weighted by Crippen LogP contribution is -2.20. The number of carbonyl (C=O) groups is 1. The molecular formula is C28H24ClO5P. The van der Waals surface area contributed by atoms with Gasteiger partial charge in [-0.2, -0.15) is 0 Å². The predicted octanol–water partition coefficient (Wildman–Crippen LogP) is 7.18. The van der Waals surface area contributed by atoms with Crippen LogP contribution in [-0.2, 0) is 17.4 Å². The Balaban J connectivity index is 1.53. The van der Waals surface area contributed by atoms with E-state index < -0.39 is 7.82 Å². The Bertz CT molecular complexity index is 1310. The highest BCUT2D eigenvalue weighted by atomic mass is 35.5. The van der Waals surface area contributed by atoms with Crippen LogP contribution in [0, 0.1) is 5.92 Å². The summed E-state index contributed by atoms with van der Waals surface area (Å²) in [6, 6.07) is 31.7.